The lowest BCUT2D eigenvalue weighted by Gasteiger charge is -2.17. The van der Waals surface area contributed by atoms with Gasteiger partial charge in [0.2, 0.25) is 0 Å². The van der Waals surface area contributed by atoms with Crippen molar-refractivity contribution in [3.63, 3.8) is 0 Å². The van der Waals surface area contributed by atoms with E-state index in [1.807, 2.05) is 16.7 Å². The van der Waals surface area contributed by atoms with Crippen LogP contribution in [-0.4, -0.2) is 9.55 Å². The van der Waals surface area contributed by atoms with Gasteiger partial charge >= 0.3 is 0 Å². The summed E-state index contributed by atoms with van der Waals surface area (Å²) in [4.78, 5) is 3.15. The largest absolute Gasteiger partial charge is 0.331 e. The Bertz CT molecular complexity index is 882. The molecule has 2 nitrogen and oxygen atoms in total. The molecule has 21 heavy (non-hydrogen) atoms. The Hall–Kier alpha value is -1.46. The summed E-state index contributed by atoms with van der Waals surface area (Å²) in [6.45, 7) is 4.15. The molecule has 0 fully saturated rings. The van der Waals surface area contributed by atoms with E-state index in [9.17, 15) is 4.39 Å². The highest BCUT2D eigenvalue weighted by atomic mass is 79.9. The first-order chi connectivity index (χ1) is 9.99. The van der Waals surface area contributed by atoms with Crippen LogP contribution in [0.4, 0.5) is 4.39 Å². The number of nitrogens with one attached hydrogen (secondary N) is 1. The zero-order valence-electron chi connectivity index (χ0n) is 11.7. The molecule has 2 aromatic carbocycles. The van der Waals surface area contributed by atoms with Crippen LogP contribution in [0.5, 0.6) is 0 Å². The highest BCUT2D eigenvalue weighted by molar-refractivity contribution is 9.10. The molecule has 0 aliphatic carbocycles. The van der Waals surface area contributed by atoms with Gasteiger partial charge in [0.05, 0.1) is 21.5 Å². The predicted octanol–water partition coefficient (Wildman–Crippen LogP) is 5.52. The van der Waals surface area contributed by atoms with Gasteiger partial charge < -0.3 is 9.55 Å². The fraction of sp³-hybridized carbons (Fsp3) is 0.188. The molecule has 0 amide bonds. The lowest BCUT2D eigenvalue weighted by Crippen LogP contribution is -2.08. The molecule has 1 aromatic heterocycles. The zero-order valence-corrected chi connectivity index (χ0v) is 14.1. The van der Waals surface area contributed by atoms with Crippen LogP contribution in [0.1, 0.15) is 24.1 Å². The van der Waals surface area contributed by atoms with Crippen molar-refractivity contribution in [1.82, 2.24) is 9.55 Å². The van der Waals surface area contributed by atoms with E-state index in [4.69, 9.17) is 12.2 Å². The van der Waals surface area contributed by atoms with E-state index in [1.165, 1.54) is 17.2 Å². The van der Waals surface area contributed by atoms with E-state index in [-0.39, 0.29) is 11.9 Å². The third-order valence-corrected chi connectivity index (χ3v) is 4.69. The SMILES string of the molecule is Cc1ccccc1C(C)n1c(=S)[nH]c2cc(Br)c(F)cc21. The Morgan fingerprint density at radius 1 is 1.29 bits per heavy atom. The number of halogens is 2. The van der Waals surface area contributed by atoms with Crippen molar-refractivity contribution < 1.29 is 4.39 Å². The van der Waals surface area contributed by atoms with Crippen LogP contribution in [0.25, 0.3) is 11.0 Å². The molecule has 0 bridgehead atoms. The average Bonchev–Trinajstić information content (AvgIpc) is 2.74. The van der Waals surface area contributed by atoms with Crippen LogP contribution in [0.15, 0.2) is 40.9 Å². The zero-order chi connectivity index (χ0) is 15.1. The van der Waals surface area contributed by atoms with Crippen LogP contribution in [0.2, 0.25) is 0 Å². The van der Waals surface area contributed by atoms with E-state index in [0.717, 1.165) is 11.0 Å². The second-order valence-electron chi connectivity index (χ2n) is 5.12. The van der Waals surface area contributed by atoms with Gasteiger partial charge in [0, 0.05) is 6.07 Å². The number of aromatic amines is 1. The number of hydrogen-bond donors (Lipinski definition) is 1. The molecule has 1 unspecified atom stereocenters. The van der Waals surface area contributed by atoms with Crippen molar-refractivity contribution in [1.29, 1.82) is 0 Å². The van der Waals surface area contributed by atoms with Gasteiger partial charge in [-0.25, -0.2) is 4.39 Å². The van der Waals surface area contributed by atoms with Crippen LogP contribution < -0.4 is 0 Å². The Kier molecular flexibility index (Phi) is 3.71. The number of hydrogen-bond acceptors (Lipinski definition) is 1. The van der Waals surface area contributed by atoms with Gasteiger partial charge in [-0.15, -0.1) is 0 Å². The van der Waals surface area contributed by atoms with Crippen molar-refractivity contribution in [2.45, 2.75) is 19.9 Å². The first-order valence-corrected chi connectivity index (χ1v) is 7.84. The van der Waals surface area contributed by atoms with Crippen LogP contribution >= 0.6 is 28.1 Å². The van der Waals surface area contributed by atoms with Crippen molar-refractivity contribution in [2.75, 3.05) is 0 Å². The van der Waals surface area contributed by atoms with Gasteiger partial charge in [-0.1, -0.05) is 24.3 Å². The minimum absolute atomic E-state index is 0.0352. The lowest BCUT2D eigenvalue weighted by atomic mass is 10.0. The Morgan fingerprint density at radius 3 is 2.71 bits per heavy atom. The maximum absolute atomic E-state index is 13.9. The lowest BCUT2D eigenvalue weighted by molar-refractivity contribution is 0.616. The first-order valence-electron chi connectivity index (χ1n) is 6.64. The molecule has 1 atom stereocenters. The fourth-order valence-corrected chi connectivity index (χ4v) is 3.41. The maximum atomic E-state index is 13.9. The van der Waals surface area contributed by atoms with Crippen molar-refractivity contribution >= 4 is 39.2 Å². The predicted molar refractivity (Wildman–Crippen MR) is 89.8 cm³/mol. The number of nitrogens with zero attached hydrogens (tertiary/aromatic N) is 1. The molecule has 0 saturated carbocycles. The Morgan fingerprint density at radius 2 is 2.00 bits per heavy atom. The molecule has 5 heteroatoms. The average molecular weight is 365 g/mol. The van der Waals surface area contributed by atoms with E-state index < -0.39 is 0 Å². The first kappa shape index (κ1) is 14.5. The smallest absolute Gasteiger partial charge is 0.178 e. The number of rotatable bonds is 2. The minimum atomic E-state index is -0.290. The monoisotopic (exact) mass is 364 g/mol. The number of aromatic nitrogens is 2. The molecule has 0 aliphatic rings. The Labute approximate surface area is 135 Å². The summed E-state index contributed by atoms with van der Waals surface area (Å²) in [7, 11) is 0. The highest BCUT2D eigenvalue weighted by Gasteiger charge is 2.16. The molecular weight excluding hydrogens is 351 g/mol. The van der Waals surface area contributed by atoms with Crippen LogP contribution in [0.3, 0.4) is 0 Å². The van der Waals surface area contributed by atoms with Gasteiger partial charge in [0.1, 0.15) is 5.82 Å². The fourth-order valence-electron chi connectivity index (χ4n) is 2.70. The summed E-state index contributed by atoms with van der Waals surface area (Å²) < 4.78 is 16.9. The van der Waals surface area contributed by atoms with Crippen molar-refractivity contribution in [2.24, 2.45) is 0 Å². The Balaban J connectivity index is 2.25. The summed E-state index contributed by atoms with van der Waals surface area (Å²) in [5.74, 6) is -0.290. The molecule has 108 valence electrons. The summed E-state index contributed by atoms with van der Waals surface area (Å²) in [5, 5.41) is 0. The van der Waals surface area contributed by atoms with E-state index in [2.05, 4.69) is 46.9 Å². The van der Waals surface area contributed by atoms with Crippen LogP contribution in [-0.2, 0) is 0 Å². The standard InChI is InChI=1S/C16H14BrFN2S/c1-9-5-3-4-6-11(9)10(2)20-15-8-13(18)12(17)7-14(15)19-16(20)21/h3-8,10H,1-2H3,(H,19,21). The summed E-state index contributed by atoms with van der Waals surface area (Å²) in [6, 6.07) is 11.4. The van der Waals surface area contributed by atoms with E-state index in [1.54, 1.807) is 6.07 Å². The molecule has 3 aromatic rings. The number of benzene rings is 2. The summed E-state index contributed by atoms with van der Waals surface area (Å²) in [6.07, 6.45) is 0. The molecular formula is C16H14BrFN2S. The summed E-state index contributed by atoms with van der Waals surface area (Å²) >= 11 is 8.63. The highest BCUT2D eigenvalue weighted by Crippen LogP contribution is 2.29. The van der Waals surface area contributed by atoms with Gasteiger partial charge in [0.15, 0.2) is 4.77 Å². The summed E-state index contributed by atoms with van der Waals surface area (Å²) in [5.41, 5.74) is 3.97. The molecule has 3 rings (SSSR count). The molecule has 0 radical (unpaired) electrons. The number of aryl methyl sites for hydroxylation is 1. The number of fused-ring (bicyclic) bond motifs is 1. The van der Waals surface area contributed by atoms with Gasteiger partial charge in [-0.05, 0) is 59.2 Å². The second kappa shape index (κ2) is 5.39. The second-order valence-corrected chi connectivity index (χ2v) is 6.36. The third kappa shape index (κ3) is 2.45. The number of H-pyrrole nitrogens is 1. The number of imidazole rings is 1. The van der Waals surface area contributed by atoms with E-state index in [0.29, 0.717) is 9.24 Å². The molecule has 0 saturated heterocycles. The molecule has 0 aliphatic heterocycles. The topological polar surface area (TPSA) is 20.7 Å². The molecule has 0 spiro atoms. The minimum Gasteiger partial charge on any atom is -0.331 e. The van der Waals surface area contributed by atoms with Crippen LogP contribution in [0, 0.1) is 17.5 Å². The molecule has 1 heterocycles. The van der Waals surface area contributed by atoms with Crippen molar-refractivity contribution in [3.8, 4) is 0 Å². The van der Waals surface area contributed by atoms with Crippen molar-refractivity contribution in [3.05, 3.63) is 62.6 Å². The normalized spacial score (nSPS) is 12.8. The maximum Gasteiger partial charge on any atom is 0.178 e. The molecule has 1 N–H and O–H groups in total. The van der Waals surface area contributed by atoms with Gasteiger partial charge in [-0.3, -0.25) is 0 Å². The van der Waals surface area contributed by atoms with Gasteiger partial charge in [0.25, 0.3) is 0 Å². The third-order valence-electron chi connectivity index (χ3n) is 3.78. The van der Waals surface area contributed by atoms with E-state index >= 15 is 0 Å². The quantitative estimate of drug-likeness (QED) is 0.593. The van der Waals surface area contributed by atoms with Gasteiger partial charge in [-0.2, -0.15) is 0 Å².